The molecule has 6 nitrogen and oxygen atoms in total. The third-order valence-electron chi connectivity index (χ3n) is 4.80. The van der Waals surface area contributed by atoms with Crippen LogP contribution in [0.3, 0.4) is 0 Å². The third kappa shape index (κ3) is 3.41. The van der Waals surface area contributed by atoms with Crippen LogP contribution in [0.4, 0.5) is 8.78 Å². The first kappa shape index (κ1) is 17.9. The molecule has 1 aromatic heterocycles. The van der Waals surface area contributed by atoms with Crippen molar-refractivity contribution < 1.29 is 18.4 Å². The molecule has 0 aliphatic carbocycles. The van der Waals surface area contributed by atoms with Crippen molar-refractivity contribution >= 4 is 23.4 Å². The number of fused-ring (bicyclic) bond motifs is 1. The molecule has 2 aliphatic rings. The molecular formula is C18H17ClF2N4O2. The Bertz CT molecular complexity index is 892. The van der Waals surface area contributed by atoms with Gasteiger partial charge >= 0.3 is 0 Å². The smallest absolute Gasteiger partial charge is 0.282 e. The predicted molar refractivity (Wildman–Crippen MR) is 93.9 cm³/mol. The molecule has 9 heteroatoms. The van der Waals surface area contributed by atoms with Gasteiger partial charge in [0.15, 0.2) is 5.69 Å². The molecule has 0 spiro atoms. The number of carbonyl (C=O) groups excluding carboxylic acids is 2. The van der Waals surface area contributed by atoms with Crippen molar-refractivity contribution in [3.8, 4) is 0 Å². The molecule has 2 aromatic rings. The second kappa shape index (κ2) is 6.60. The van der Waals surface area contributed by atoms with Crippen molar-refractivity contribution in [2.75, 3.05) is 26.2 Å². The zero-order valence-electron chi connectivity index (χ0n) is 14.4. The van der Waals surface area contributed by atoms with Crippen molar-refractivity contribution in [2.45, 2.75) is 18.9 Å². The maximum atomic E-state index is 12.9. The number of hydrogen-bond donors (Lipinski definition) is 0. The summed E-state index contributed by atoms with van der Waals surface area (Å²) in [6, 6.07) is 9.60. The van der Waals surface area contributed by atoms with Gasteiger partial charge in [-0.25, -0.2) is 13.5 Å². The predicted octanol–water partition coefficient (Wildman–Crippen LogP) is 2.06. The standard InChI is InChI=1S/C18H17ClF2N4O2/c19-16-13-6-7-23(9-14(26)24-10-18(20,21)11-24)17(27)15(13)22-25(16)8-12-4-2-1-3-5-12/h1-5H,6-11H2. The highest BCUT2D eigenvalue weighted by molar-refractivity contribution is 6.31. The van der Waals surface area contributed by atoms with Gasteiger partial charge < -0.3 is 9.80 Å². The first-order valence-electron chi connectivity index (χ1n) is 8.58. The summed E-state index contributed by atoms with van der Waals surface area (Å²) in [6.45, 7) is -0.662. The number of halogens is 3. The summed E-state index contributed by atoms with van der Waals surface area (Å²) in [5.41, 5.74) is 1.89. The fourth-order valence-corrected chi connectivity index (χ4v) is 3.62. The van der Waals surface area contributed by atoms with Crippen LogP contribution in [0.1, 0.15) is 21.6 Å². The van der Waals surface area contributed by atoms with Crippen LogP contribution >= 0.6 is 11.6 Å². The van der Waals surface area contributed by atoms with Crippen molar-refractivity contribution in [3.05, 3.63) is 52.3 Å². The number of aromatic nitrogens is 2. The third-order valence-corrected chi connectivity index (χ3v) is 5.23. The monoisotopic (exact) mass is 394 g/mol. The summed E-state index contributed by atoms with van der Waals surface area (Å²) in [6.07, 6.45) is 0.470. The van der Waals surface area contributed by atoms with E-state index in [1.165, 1.54) is 4.90 Å². The second-order valence-corrected chi connectivity index (χ2v) is 7.20. The molecule has 1 saturated heterocycles. The van der Waals surface area contributed by atoms with E-state index in [1.54, 1.807) is 4.68 Å². The molecule has 1 fully saturated rings. The van der Waals surface area contributed by atoms with E-state index in [4.69, 9.17) is 11.6 Å². The molecule has 27 heavy (non-hydrogen) atoms. The first-order valence-corrected chi connectivity index (χ1v) is 8.96. The lowest BCUT2D eigenvalue weighted by molar-refractivity contribution is -0.166. The lowest BCUT2D eigenvalue weighted by Gasteiger charge is -2.39. The second-order valence-electron chi connectivity index (χ2n) is 6.84. The Balaban J connectivity index is 1.47. The molecule has 142 valence electrons. The van der Waals surface area contributed by atoms with E-state index in [9.17, 15) is 18.4 Å². The van der Waals surface area contributed by atoms with E-state index in [0.29, 0.717) is 30.2 Å². The van der Waals surface area contributed by atoms with Gasteiger partial charge in [0.1, 0.15) is 11.7 Å². The quantitative estimate of drug-likeness (QED) is 0.797. The number of amides is 2. The highest BCUT2D eigenvalue weighted by atomic mass is 35.5. The number of hydrogen-bond acceptors (Lipinski definition) is 3. The molecule has 0 unspecified atom stereocenters. The highest BCUT2D eigenvalue weighted by Crippen LogP contribution is 2.29. The Morgan fingerprint density at radius 2 is 1.93 bits per heavy atom. The molecule has 0 saturated carbocycles. The summed E-state index contributed by atoms with van der Waals surface area (Å²) >= 11 is 6.40. The van der Waals surface area contributed by atoms with Gasteiger partial charge in [0.25, 0.3) is 11.8 Å². The van der Waals surface area contributed by atoms with Crippen LogP contribution in [0, 0.1) is 0 Å². The first-order chi connectivity index (χ1) is 12.8. The average Bonchev–Trinajstić information content (AvgIpc) is 2.93. The number of carbonyl (C=O) groups is 2. The van der Waals surface area contributed by atoms with Gasteiger partial charge in [-0.1, -0.05) is 41.9 Å². The van der Waals surface area contributed by atoms with Crippen LogP contribution in [0.15, 0.2) is 30.3 Å². The lowest BCUT2D eigenvalue weighted by Crippen LogP contribution is -2.60. The Labute approximate surface area is 159 Å². The number of rotatable bonds is 4. The van der Waals surface area contributed by atoms with E-state index in [1.807, 2.05) is 30.3 Å². The molecule has 0 bridgehead atoms. The van der Waals surface area contributed by atoms with Gasteiger partial charge in [-0.3, -0.25) is 9.59 Å². The molecule has 0 atom stereocenters. The highest BCUT2D eigenvalue weighted by Gasteiger charge is 2.46. The summed E-state index contributed by atoms with van der Waals surface area (Å²) in [5, 5.41) is 4.75. The zero-order valence-corrected chi connectivity index (χ0v) is 15.1. The molecule has 1 aromatic carbocycles. The van der Waals surface area contributed by atoms with Gasteiger partial charge in [-0.05, 0) is 12.0 Å². The Morgan fingerprint density at radius 1 is 1.22 bits per heavy atom. The summed E-state index contributed by atoms with van der Waals surface area (Å²) in [5.74, 6) is -3.70. The van der Waals surface area contributed by atoms with Crippen LogP contribution < -0.4 is 0 Å². The van der Waals surface area contributed by atoms with Crippen LogP contribution in [0.2, 0.25) is 5.15 Å². The minimum absolute atomic E-state index is 0.225. The van der Waals surface area contributed by atoms with Crippen LogP contribution in [0.5, 0.6) is 0 Å². The lowest BCUT2D eigenvalue weighted by atomic mass is 10.1. The van der Waals surface area contributed by atoms with E-state index in [0.717, 1.165) is 10.5 Å². The molecular weight excluding hydrogens is 378 g/mol. The number of likely N-dealkylation sites (tertiary alicyclic amines) is 1. The molecule has 3 heterocycles. The van der Waals surface area contributed by atoms with Crippen molar-refractivity contribution in [1.82, 2.24) is 19.6 Å². The molecule has 2 amide bonds. The van der Waals surface area contributed by atoms with Gasteiger partial charge in [-0.15, -0.1) is 0 Å². The Morgan fingerprint density at radius 3 is 2.59 bits per heavy atom. The Hall–Kier alpha value is -2.48. The van der Waals surface area contributed by atoms with Crippen LogP contribution in [-0.2, 0) is 17.8 Å². The van der Waals surface area contributed by atoms with Crippen LogP contribution in [0.25, 0.3) is 0 Å². The molecule has 0 N–H and O–H groups in total. The summed E-state index contributed by atoms with van der Waals surface area (Å²) in [4.78, 5) is 27.2. The fourth-order valence-electron chi connectivity index (χ4n) is 3.33. The number of alkyl halides is 2. The fraction of sp³-hybridized carbons (Fsp3) is 0.389. The van der Waals surface area contributed by atoms with Gasteiger partial charge in [0.05, 0.1) is 19.6 Å². The van der Waals surface area contributed by atoms with Crippen molar-refractivity contribution in [2.24, 2.45) is 0 Å². The Kier molecular flexibility index (Phi) is 4.38. The largest absolute Gasteiger partial charge is 0.329 e. The van der Waals surface area contributed by atoms with E-state index >= 15 is 0 Å². The minimum Gasteiger partial charge on any atom is -0.329 e. The minimum atomic E-state index is -2.82. The van der Waals surface area contributed by atoms with Gasteiger partial charge in [0, 0.05) is 12.1 Å². The SMILES string of the molecule is O=C(CN1CCc2c(nn(Cc3ccccc3)c2Cl)C1=O)N1CC(F)(F)C1. The van der Waals surface area contributed by atoms with Gasteiger partial charge in [0.2, 0.25) is 5.91 Å². The number of nitrogens with zero attached hydrogens (tertiary/aromatic N) is 4. The van der Waals surface area contributed by atoms with Crippen molar-refractivity contribution in [3.63, 3.8) is 0 Å². The van der Waals surface area contributed by atoms with Gasteiger partial charge in [-0.2, -0.15) is 5.10 Å². The number of benzene rings is 1. The van der Waals surface area contributed by atoms with E-state index in [-0.39, 0.29) is 12.2 Å². The molecule has 2 aliphatic heterocycles. The van der Waals surface area contributed by atoms with Crippen molar-refractivity contribution in [1.29, 1.82) is 0 Å². The van der Waals surface area contributed by atoms with Crippen LogP contribution in [-0.4, -0.2) is 63.5 Å². The zero-order chi connectivity index (χ0) is 19.2. The average molecular weight is 395 g/mol. The normalized spacial score (nSPS) is 18.3. The van der Waals surface area contributed by atoms with E-state index in [2.05, 4.69) is 5.10 Å². The summed E-state index contributed by atoms with van der Waals surface area (Å²) in [7, 11) is 0. The van der Waals surface area contributed by atoms with E-state index < -0.39 is 30.8 Å². The molecule has 0 radical (unpaired) electrons. The summed E-state index contributed by atoms with van der Waals surface area (Å²) < 4.78 is 27.4. The maximum absolute atomic E-state index is 12.9. The maximum Gasteiger partial charge on any atom is 0.282 e. The topological polar surface area (TPSA) is 58.4 Å². The molecule has 4 rings (SSSR count).